The van der Waals surface area contributed by atoms with Crippen molar-refractivity contribution < 1.29 is 9.90 Å². The summed E-state index contributed by atoms with van der Waals surface area (Å²) in [5, 5.41) is 10.1. The second-order valence-corrected chi connectivity index (χ2v) is 2.29. The van der Waals surface area contributed by atoms with Gasteiger partial charge in [0.05, 0.1) is 6.61 Å². The molecule has 0 heterocycles. The highest BCUT2D eigenvalue weighted by atomic mass is 35.5. The van der Waals surface area contributed by atoms with E-state index in [1.807, 2.05) is 0 Å². The average molecular weight is 152 g/mol. The number of carbonyl (C=O) groups excluding carboxylic acids is 1. The molecule has 0 radical (unpaired) electrons. The maximum atomic E-state index is 10.5. The molecule has 0 rings (SSSR count). The van der Waals surface area contributed by atoms with Crippen LogP contribution in [0.4, 0.5) is 0 Å². The number of aliphatic hydroxyl groups is 1. The predicted molar refractivity (Wildman–Crippen MR) is 35.4 cm³/mol. The molecule has 0 bridgehead atoms. The fraction of sp³-hybridized carbons (Fsp3) is 0.800. The Morgan fingerprint density at radius 3 is 2.78 bits per heavy atom. The summed E-state index contributed by atoms with van der Waals surface area (Å²) < 4.78 is 0. The van der Waals surface area contributed by atoms with Crippen molar-refractivity contribution in [1.29, 1.82) is 0 Å². The number of hydrogen-bond acceptors (Lipinski definition) is 2. The number of nitrogens with one attached hydrogen (secondary N) is 1. The molecule has 54 valence electrons. The number of halogens is 1. The number of rotatable bonds is 3. The van der Waals surface area contributed by atoms with Crippen LogP contribution in [0.5, 0.6) is 0 Å². The molecule has 0 aliphatic heterocycles. The molecule has 0 saturated heterocycles. The molecule has 0 aliphatic rings. The molecule has 2 N–H and O–H groups in total. The summed E-state index contributed by atoms with van der Waals surface area (Å²) in [5.41, 5.74) is 0. The van der Waals surface area contributed by atoms with E-state index in [-0.39, 0.29) is 19.1 Å². The summed E-state index contributed by atoms with van der Waals surface area (Å²) in [6.07, 6.45) is 0. The van der Waals surface area contributed by atoms with Gasteiger partial charge in [-0.1, -0.05) is 0 Å². The fourth-order valence-corrected chi connectivity index (χ4v) is 0.397. The van der Waals surface area contributed by atoms with Crippen LogP contribution >= 0.6 is 11.6 Å². The number of carbonyl (C=O) groups is 1. The third-order valence-electron chi connectivity index (χ3n) is 0.772. The van der Waals surface area contributed by atoms with Gasteiger partial charge < -0.3 is 10.4 Å². The van der Waals surface area contributed by atoms with Crippen LogP contribution in [-0.2, 0) is 4.79 Å². The zero-order chi connectivity index (χ0) is 7.28. The molecule has 0 unspecified atom stereocenters. The average Bonchev–Trinajstić information content (AvgIpc) is 1.82. The molecule has 4 heteroatoms. The van der Waals surface area contributed by atoms with Crippen LogP contribution in [0, 0.1) is 0 Å². The van der Waals surface area contributed by atoms with E-state index in [1.165, 1.54) is 0 Å². The lowest BCUT2D eigenvalue weighted by molar-refractivity contribution is -0.120. The van der Waals surface area contributed by atoms with Crippen LogP contribution in [0.2, 0.25) is 0 Å². The Kier molecular flexibility index (Phi) is 4.44. The summed E-state index contributed by atoms with van der Waals surface area (Å²) >= 11 is 5.37. The van der Waals surface area contributed by atoms with Gasteiger partial charge in [0.2, 0.25) is 5.91 Å². The van der Waals surface area contributed by atoms with Crippen molar-refractivity contribution in [2.24, 2.45) is 0 Å². The zero-order valence-electron chi connectivity index (χ0n) is 5.22. The van der Waals surface area contributed by atoms with E-state index in [1.54, 1.807) is 6.92 Å². The van der Waals surface area contributed by atoms with Gasteiger partial charge in [0, 0.05) is 6.54 Å². The van der Waals surface area contributed by atoms with Crippen molar-refractivity contribution in [3.63, 3.8) is 0 Å². The first kappa shape index (κ1) is 8.72. The van der Waals surface area contributed by atoms with Gasteiger partial charge in [-0.05, 0) is 6.92 Å². The number of alkyl halides is 1. The van der Waals surface area contributed by atoms with Crippen molar-refractivity contribution in [3.8, 4) is 0 Å². The maximum Gasteiger partial charge on any atom is 0.237 e. The standard InChI is InChI=1S/C5H10ClNO2/c1-4(6)5(9)7-2-3-8/h4,8H,2-3H2,1H3,(H,7,9)/t4-/m0/s1. The van der Waals surface area contributed by atoms with E-state index in [4.69, 9.17) is 16.7 Å². The Morgan fingerprint density at radius 2 is 2.44 bits per heavy atom. The fourth-order valence-electron chi connectivity index (χ4n) is 0.320. The number of amides is 1. The molecule has 0 fully saturated rings. The topological polar surface area (TPSA) is 49.3 Å². The lowest BCUT2D eigenvalue weighted by Gasteiger charge is -2.02. The molecule has 1 atom stereocenters. The van der Waals surface area contributed by atoms with Crippen molar-refractivity contribution in [1.82, 2.24) is 5.32 Å². The zero-order valence-corrected chi connectivity index (χ0v) is 5.98. The Morgan fingerprint density at radius 1 is 1.89 bits per heavy atom. The van der Waals surface area contributed by atoms with Crippen molar-refractivity contribution in [3.05, 3.63) is 0 Å². The maximum absolute atomic E-state index is 10.5. The van der Waals surface area contributed by atoms with E-state index in [2.05, 4.69) is 5.32 Å². The molecule has 1 amide bonds. The molecular formula is C5H10ClNO2. The van der Waals surface area contributed by atoms with Gasteiger partial charge in [-0.3, -0.25) is 4.79 Å². The smallest absolute Gasteiger partial charge is 0.237 e. The molecular weight excluding hydrogens is 142 g/mol. The molecule has 9 heavy (non-hydrogen) atoms. The highest BCUT2D eigenvalue weighted by molar-refractivity contribution is 6.30. The van der Waals surface area contributed by atoms with Gasteiger partial charge in [0.1, 0.15) is 5.38 Å². The van der Waals surface area contributed by atoms with Crippen LogP contribution in [0.1, 0.15) is 6.92 Å². The van der Waals surface area contributed by atoms with Gasteiger partial charge in [0.15, 0.2) is 0 Å². The van der Waals surface area contributed by atoms with E-state index in [0.29, 0.717) is 0 Å². The Hall–Kier alpha value is -0.280. The summed E-state index contributed by atoms with van der Waals surface area (Å²) in [4.78, 5) is 10.5. The highest BCUT2D eigenvalue weighted by Gasteiger charge is 2.05. The van der Waals surface area contributed by atoms with E-state index < -0.39 is 5.38 Å². The molecule has 0 aromatic carbocycles. The first-order valence-corrected chi connectivity index (χ1v) is 3.14. The first-order valence-electron chi connectivity index (χ1n) is 2.71. The second kappa shape index (κ2) is 4.58. The summed E-state index contributed by atoms with van der Waals surface area (Å²) in [6, 6.07) is 0. The van der Waals surface area contributed by atoms with Crippen LogP contribution in [0.3, 0.4) is 0 Å². The Bertz CT molecular complexity index is 95.0. The largest absolute Gasteiger partial charge is 0.395 e. The van der Waals surface area contributed by atoms with Gasteiger partial charge >= 0.3 is 0 Å². The summed E-state index contributed by atoms with van der Waals surface area (Å²) in [5.74, 6) is -0.245. The SMILES string of the molecule is C[C@H](Cl)C(=O)NCCO. The molecule has 0 saturated carbocycles. The summed E-state index contributed by atoms with van der Waals surface area (Å²) in [7, 11) is 0. The number of aliphatic hydroxyl groups excluding tert-OH is 1. The quantitative estimate of drug-likeness (QED) is 0.546. The second-order valence-electron chi connectivity index (χ2n) is 1.63. The van der Waals surface area contributed by atoms with Crippen LogP contribution < -0.4 is 5.32 Å². The monoisotopic (exact) mass is 151 g/mol. The van der Waals surface area contributed by atoms with Crippen LogP contribution in [-0.4, -0.2) is 29.5 Å². The molecule has 0 aromatic rings. The predicted octanol–water partition coefficient (Wildman–Crippen LogP) is -0.278. The lowest BCUT2D eigenvalue weighted by atomic mass is 10.4. The molecule has 0 aromatic heterocycles. The third-order valence-corrected chi connectivity index (χ3v) is 0.971. The molecule has 0 spiro atoms. The minimum Gasteiger partial charge on any atom is -0.395 e. The summed E-state index contributed by atoms with van der Waals surface area (Å²) in [6.45, 7) is 1.81. The Labute approximate surface area is 59.0 Å². The molecule has 0 aliphatic carbocycles. The lowest BCUT2D eigenvalue weighted by Crippen LogP contribution is -2.31. The minimum atomic E-state index is -0.517. The van der Waals surface area contributed by atoms with Crippen molar-refractivity contribution in [2.75, 3.05) is 13.2 Å². The van der Waals surface area contributed by atoms with E-state index in [0.717, 1.165) is 0 Å². The van der Waals surface area contributed by atoms with Crippen LogP contribution in [0.15, 0.2) is 0 Å². The van der Waals surface area contributed by atoms with Gasteiger partial charge in [0.25, 0.3) is 0 Å². The Balaban J connectivity index is 3.28. The van der Waals surface area contributed by atoms with Gasteiger partial charge in [-0.15, -0.1) is 11.6 Å². The third kappa shape index (κ3) is 4.24. The van der Waals surface area contributed by atoms with E-state index >= 15 is 0 Å². The molecule has 3 nitrogen and oxygen atoms in total. The highest BCUT2D eigenvalue weighted by Crippen LogP contribution is 1.90. The van der Waals surface area contributed by atoms with Crippen LogP contribution in [0.25, 0.3) is 0 Å². The van der Waals surface area contributed by atoms with Gasteiger partial charge in [-0.25, -0.2) is 0 Å². The van der Waals surface area contributed by atoms with Gasteiger partial charge in [-0.2, -0.15) is 0 Å². The van der Waals surface area contributed by atoms with Crippen molar-refractivity contribution in [2.45, 2.75) is 12.3 Å². The normalized spacial score (nSPS) is 12.8. The minimum absolute atomic E-state index is 0.0463. The van der Waals surface area contributed by atoms with E-state index in [9.17, 15) is 4.79 Å². The first-order chi connectivity index (χ1) is 4.18. The number of hydrogen-bond donors (Lipinski definition) is 2. The van der Waals surface area contributed by atoms with Crippen molar-refractivity contribution >= 4 is 17.5 Å².